The number of hydrogen-bond acceptors (Lipinski definition) is 2. The van der Waals surface area contributed by atoms with Crippen LogP contribution in [0.15, 0.2) is 42.5 Å². The number of aryl methyl sites for hydroxylation is 1. The molecule has 0 aliphatic carbocycles. The van der Waals surface area contributed by atoms with Gasteiger partial charge in [-0.15, -0.1) is 0 Å². The molecule has 2 aromatic rings. The smallest absolute Gasteiger partial charge is 0.124 e. The van der Waals surface area contributed by atoms with Crippen LogP contribution < -0.4 is 5.73 Å². The molecule has 112 valence electrons. The van der Waals surface area contributed by atoms with Crippen molar-refractivity contribution in [1.82, 2.24) is 4.90 Å². The Morgan fingerprint density at radius 3 is 2.43 bits per heavy atom. The van der Waals surface area contributed by atoms with Gasteiger partial charge in [-0.05, 0) is 37.2 Å². The van der Waals surface area contributed by atoms with Gasteiger partial charge < -0.3 is 5.73 Å². The second-order valence-corrected chi connectivity index (χ2v) is 5.73. The first kappa shape index (κ1) is 16.0. The molecule has 0 amide bonds. The van der Waals surface area contributed by atoms with Crippen LogP contribution in [0.3, 0.4) is 0 Å². The van der Waals surface area contributed by atoms with E-state index in [0.717, 1.165) is 12.1 Å². The molecule has 4 heteroatoms. The minimum absolute atomic E-state index is 0.0422. The van der Waals surface area contributed by atoms with E-state index in [1.165, 1.54) is 23.3 Å². The van der Waals surface area contributed by atoms with Crippen LogP contribution in [0.25, 0.3) is 0 Å². The second kappa shape index (κ2) is 7.03. The van der Waals surface area contributed by atoms with E-state index in [9.17, 15) is 4.39 Å². The largest absolute Gasteiger partial charge is 0.329 e. The van der Waals surface area contributed by atoms with Gasteiger partial charge in [0.15, 0.2) is 0 Å². The summed E-state index contributed by atoms with van der Waals surface area (Å²) in [4.78, 5) is 2.13. The third kappa shape index (κ3) is 4.03. The van der Waals surface area contributed by atoms with Gasteiger partial charge in [0.05, 0.1) is 0 Å². The van der Waals surface area contributed by atoms with Crippen molar-refractivity contribution in [1.29, 1.82) is 0 Å². The predicted octanol–water partition coefficient (Wildman–Crippen LogP) is 3.92. The molecule has 0 aromatic heterocycles. The molecule has 0 aliphatic rings. The van der Waals surface area contributed by atoms with Gasteiger partial charge in [-0.3, -0.25) is 4.90 Å². The first-order valence-corrected chi connectivity index (χ1v) is 7.30. The van der Waals surface area contributed by atoms with Gasteiger partial charge >= 0.3 is 0 Å². The summed E-state index contributed by atoms with van der Waals surface area (Å²) < 4.78 is 13.2. The summed E-state index contributed by atoms with van der Waals surface area (Å²) in [6.07, 6.45) is 0. The molecule has 0 saturated heterocycles. The van der Waals surface area contributed by atoms with Crippen molar-refractivity contribution in [3.05, 3.63) is 70.0 Å². The third-order valence-corrected chi connectivity index (χ3v) is 3.96. The molecule has 1 atom stereocenters. The minimum atomic E-state index is -0.333. The van der Waals surface area contributed by atoms with Crippen molar-refractivity contribution in [3.8, 4) is 0 Å². The topological polar surface area (TPSA) is 29.3 Å². The molecule has 0 heterocycles. The molecule has 0 saturated carbocycles. The van der Waals surface area contributed by atoms with Crippen molar-refractivity contribution >= 4 is 11.6 Å². The van der Waals surface area contributed by atoms with Crippen LogP contribution in [0.2, 0.25) is 5.02 Å². The van der Waals surface area contributed by atoms with E-state index in [1.807, 2.05) is 7.05 Å². The van der Waals surface area contributed by atoms with Crippen LogP contribution in [0.1, 0.15) is 22.7 Å². The summed E-state index contributed by atoms with van der Waals surface area (Å²) in [6.45, 7) is 3.25. The monoisotopic (exact) mass is 306 g/mol. The zero-order chi connectivity index (χ0) is 15.4. The second-order valence-electron chi connectivity index (χ2n) is 5.32. The summed E-state index contributed by atoms with van der Waals surface area (Å²) in [5, 5.41) is 0.418. The quantitative estimate of drug-likeness (QED) is 0.907. The van der Waals surface area contributed by atoms with Crippen molar-refractivity contribution in [2.45, 2.75) is 19.5 Å². The molecule has 1 unspecified atom stereocenters. The van der Waals surface area contributed by atoms with E-state index in [2.05, 4.69) is 36.1 Å². The molecule has 2 aromatic carbocycles. The van der Waals surface area contributed by atoms with Gasteiger partial charge in [0.2, 0.25) is 0 Å². The number of rotatable bonds is 5. The lowest BCUT2D eigenvalue weighted by atomic mass is 10.0. The summed E-state index contributed by atoms with van der Waals surface area (Å²) in [5.41, 5.74) is 9.20. The van der Waals surface area contributed by atoms with Crippen LogP contribution in [-0.4, -0.2) is 18.5 Å². The Morgan fingerprint density at radius 1 is 1.19 bits per heavy atom. The van der Waals surface area contributed by atoms with E-state index in [4.69, 9.17) is 17.3 Å². The predicted molar refractivity (Wildman–Crippen MR) is 85.9 cm³/mol. The molecule has 21 heavy (non-hydrogen) atoms. The minimum Gasteiger partial charge on any atom is -0.329 e. The van der Waals surface area contributed by atoms with Gasteiger partial charge in [0.25, 0.3) is 0 Å². The van der Waals surface area contributed by atoms with Crippen molar-refractivity contribution < 1.29 is 4.39 Å². The summed E-state index contributed by atoms with van der Waals surface area (Å²) in [5.74, 6) is -0.333. The zero-order valence-electron chi connectivity index (χ0n) is 12.3. The Morgan fingerprint density at radius 2 is 1.86 bits per heavy atom. The molecule has 0 bridgehead atoms. The van der Waals surface area contributed by atoms with Gasteiger partial charge in [-0.25, -0.2) is 4.39 Å². The van der Waals surface area contributed by atoms with Gasteiger partial charge in [-0.2, -0.15) is 0 Å². The molecule has 0 fully saturated rings. The fourth-order valence-corrected chi connectivity index (χ4v) is 2.70. The molecule has 0 aliphatic heterocycles. The lowest BCUT2D eigenvalue weighted by Gasteiger charge is -2.28. The normalized spacial score (nSPS) is 12.7. The van der Waals surface area contributed by atoms with Crippen LogP contribution in [0.5, 0.6) is 0 Å². The highest BCUT2D eigenvalue weighted by molar-refractivity contribution is 6.31. The molecule has 2 nitrogen and oxygen atoms in total. The molecular formula is C17H20ClFN2. The SMILES string of the molecule is Cc1ccc(CN(C)C(CN)c2ccc(F)cc2Cl)cc1. The third-order valence-electron chi connectivity index (χ3n) is 3.63. The number of likely N-dealkylation sites (N-methyl/N-ethyl adjacent to an activating group) is 1. The van der Waals surface area contributed by atoms with E-state index in [-0.39, 0.29) is 11.9 Å². The van der Waals surface area contributed by atoms with Gasteiger partial charge in [0, 0.05) is 24.2 Å². The maximum Gasteiger partial charge on any atom is 0.124 e. The highest BCUT2D eigenvalue weighted by Gasteiger charge is 2.18. The van der Waals surface area contributed by atoms with Crippen molar-refractivity contribution in [2.75, 3.05) is 13.6 Å². The standard InChI is InChI=1S/C17H20ClFN2/c1-12-3-5-13(6-4-12)11-21(2)17(10-20)15-8-7-14(19)9-16(15)18/h3-9,17H,10-11,20H2,1-2H3. The van der Waals surface area contributed by atoms with Crippen LogP contribution >= 0.6 is 11.6 Å². The van der Waals surface area contributed by atoms with Crippen LogP contribution in [-0.2, 0) is 6.54 Å². The first-order valence-electron chi connectivity index (χ1n) is 6.92. The highest BCUT2D eigenvalue weighted by atomic mass is 35.5. The van der Waals surface area contributed by atoms with Gasteiger partial charge in [0.1, 0.15) is 5.82 Å². The first-order chi connectivity index (χ1) is 10.0. The lowest BCUT2D eigenvalue weighted by molar-refractivity contribution is 0.242. The summed E-state index contributed by atoms with van der Waals surface area (Å²) in [7, 11) is 2.00. The zero-order valence-corrected chi connectivity index (χ0v) is 13.1. The number of nitrogens with zero attached hydrogens (tertiary/aromatic N) is 1. The number of hydrogen-bond donors (Lipinski definition) is 1. The molecular weight excluding hydrogens is 287 g/mol. The van der Waals surface area contributed by atoms with E-state index >= 15 is 0 Å². The number of nitrogens with two attached hydrogens (primary N) is 1. The maximum absolute atomic E-state index is 13.2. The average molecular weight is 307 g/mol. The van der Waals surface area contributed by atoms with Crippen LogP contribution in [0, 0.1) is 12.7 Å². The Hall–Kier alpha value is -1.42. The molecule has 2 N–H and O–H groups in total. The van der Waals surface area contributed by atoms with Crippen LogP contribution in [0.4, 0.5) is 4.39 Å². The highest BCUT2D eigenvalue weighted by Crippen LogP contribution is 2.28. The Bertz CT molecular complexity index is 598. The number of halogens is 2. The van der Waals surface area contributed by atoms with E-state index < -0.39 is 0 Å². The lowest BCUT2D eigenvalue weighted by Crippen LogP contribution is -2.30. The van der Waals surface area contributed by atoms with E-state index in [0.29, 0.717) is 11.6 Å². The number of benzene rings is 2. The molecule has 0 radical (unpaired) electrons. The summed E-state index contributed by atoms with van der Waals surface area (Å²) >= 11 is 6.15. The van der Waals surface area contributed by atoms with Gasteiger partial charge in [-0.1, -0.05) is 47.5 Å². The maximum atomic E-state index is 13.2. The average Bonchev–Trinajstić information content (AvgIpc) is 2.44. The summed E-state index contributed by atoms with van der Waals surface area (Å²) in [6, 6.07) is 12.8. The molecule has 2 rings (SSSR count). The van der Waals surface area contributed by atoms with Crippen molar-refractivity contribution in [3.63, 3.8) is 0 Å². The Kier molecular flexibility index (Phi) is 5.34. The van der Waals surface area contributed by atoms with E-state index in [1.54, 1.807) is 6.07 Å². The fraction of sp³-hybridized carbons (Fsp3) is 0.294. The van der Waals surface area contributed by atoms with Crippen molar-refractivity contribution in [2.24, 2.45) is 5.73 Å². The molecule has 0 spiro atoms. The Labute approximate surface area is 130 Å². The fourth-order valence-electron chi connectivity index (χ4n) is 2.41. The Balaban J connectivity index is 2.18.